The summed E-state index contributed by atoms with van der Waals surface area (Å²) >= 11 is 5.94. The number of halogens is 1. The maximum atomic E-state index is 12.1. The van der Waals surface area contributed by atoms with Crippen LogP contribution in [0.3, 0.4) is 0 Å². The molecule has 2 aromatic rings. The van der Waals surface area contributed by atoms with Gasteiger partial charge in [-0.2, -0.15) is 0 Å². The summed E-state index contributed by atoms with van der Waals surface area (Å²) in [4.78, 5) is 24.3. The summed E-state index contributed by atoms with van der Waals surface area (Å²) < 4.78 is 0. The molecular formula is C18H16ClN3O3. The molecule has 0 radical (unpaired) electrons. The highest BCUT2D eigenvalue weighted by Gasteiger charge is 2.15. The zero-order chi connectivity index (χ0) is 18.4. The second kappa shape index (κ2) is 8.18. The first-order valence-electron chi connectivity index (χ1n) is 7.37. The number of amides is 1. The molecule has 0 unspecified atom stereocenters. The van der Waals surface area contributed by atoms with Gasteiger partial charge in [0.15, 0.2) is 0 Å². The van der Waals surface area contributed by atoms with E-state index in [0.29, 0.717) is 0 Å². The van der Waals surface area contributed by atoms with Crippen LogP contribution >= 0.6 is 11.6 Å². The van der Waals surface area contributed by atoms with Crippen molar-refractivity contribution < 1.29 is 9.72 Å². The van der Waals surface area contributed by atoms with Crippen molar-refractivity contribution in [3.05, 3.63) is 68.7 Å². The Kier molecular flexibility index (Phi) is 5.98. The summed E-state index contributed by atoms with van der Waals surface area (Å²) in [7, 11) is 3.85. The first-order valence-corrected chi connectivity index (χ1v) is 7.75. The molecule has 1 amide bonds. The van der Waals surface area contributed by atoms with E-state index in [0.717, 1.165) is 17.3 Å². The molecule has 0 saturated carbocycles. The van der Waals surface area contributed by atoms with Crippen LogP contribution in [0.5, 0.6) is 0 Å². The number of rotatable bonds is 4. The number of carbonyl (C=O) groups is 1. The number of anilines is 1. The van der Waals surface area contributed by atoms with Crippen molar-refractivity contribution in [3.63, 3.8) is 0 Å². The summed E-state index contributed by atoms with van der Waals surface area (Å²) in [6, 6.07) is 11.4. The van der Waals surface area contributed by atoms with Gasteiger partial charge >= 0.3 is 0 Å². The van der Waals surface area contributed by atoms with Crippen LogP contribution in [0.25, 0.3) is 0 Å². The number of nitrogens with one attached hydrogen (secondary N) is 1. The number of carbonyl (C=O) groups excluding carboxylic acids is 1. The monoisotopic (exact) mass is 357 g/mol. The van der Waals surface area contributed by atoms with Gasteiger partial charge in [-0.1, -0.05) is 35.6 Å². The fraction of sp³-hybridized carbons (Fsp3) is 0.167. The number of nitrogens with zero attached hydrogens (tertiary/aromatic N) is 2. The molecule has 25 heavy (non-hydrogen) atoms. The van der Waals surface area contributed by atoms with Crippen molar-refractivity contribution in [2.24, 2.45) is 0 Å². The molecule has 0 bridgehead atoms. The minimum absolute atomic E-state index is 0.0476. The molecule has 0 saturated heterocycles. The Balaban J connectivity index is 2.08. The number of hydrogen-bond donors (Lipinski definition) is 1. The van der Waals surface area contributed by atoms with Crippen molar-refractivity contribution in [3.8, 4) is 11.8 Å². The molecule has 0 aliphatic heterocycles. The van der Waals surface area contributed by atoms with Gasteiger partial charge in [-0.15, -0.1) is 0 Å². The quantitative estimate of drug-likeness (QED) is 0.518. The second-order valence-corrected chi connectivity index (χ2v) is 5.72. The van der Waals surface area contributed by atoms with E-state index in [1.54, 1.807) is 0 Å². The van der Waals surface area contributed by atoms with Gasteiger partial charge < -0.3 is 10.2 Å². The highest BCUT2D eigenvalue weighted by Crippen LogP contribution is 2.21. The minimum atomic E-state index is -0.578. The molecule has 6 nitrogen and oxygen atoms in total. The van der Waals surface area contributed by atoms with Gasteiger partial charge in [-0.25, -0.2) is 0 Å². The van der Waals surface area contributed by atoms with Crippen molar-refractivity contribution >= 4 is 28.9 Å². The van der Waals surface area contributed by atoms with Crippen LogP contribution in [-0.4, -0.2) is 31.5 Å². The molecule has 0 spiro atoms. The van der Waals surface area contributed by atoms with Gasteiger partial charge in [-0.3, -0.25) is 14.9 Å². The van der Waals surface area contributed by atoms with Crippen LogP contribution in [-0.2, 0) is 0 Å². The summed E-state index contributed by atoms with van der Waals surface area (Å²) in [5, 5.41) is 13.5. The highest BCUT2D eigenvalue weighted by molar-refractivity contribution is 6.33. The predicted molar refractivity (Wildman–Crippen MR) is 98.1 cm³/mol. The van der Waals surface area contributed by atoms with E-state index >= 15 is 0 Å². The van der Waals surface area contributed by atoms with Crippen LogP contribution in [0, 0.1) is 22.0 Å². The predicted octanol–water partition coefficient (Wildman–Crippen LogP) is 3.10. The molecule has 128 valence electrons. The average Bonchev–Trinajstić information content (AvgIpc) is 2.58. The zero-order valence-corrected chi connectivity index (χ0v) is 14.5. The Labute approximate surface area is 150 Å². The van der Waals surface area contributed by atoms with Crippen LogP contribution in [0.2, 0.25) is 5.02 Å². The molecule has 2 rings (SSSR count). The van der Waals surface area contributed by atoms with E-state index in [1.165, 1.54) is 12.1 Å². The fourth-order valence-corrected chi connectivity index (χ4v) is 2.33. The maximum Gasteiger partial charge on any atom is 0.270 e. The molecule has 0 heterocycles. The normalized spacial score (nSPS) is 9.72. The molecule has 0 atom stereocenters. The molecular weight excluding hydrogens is 342 g/mol. The molecule has 1 N–H and O–H groups in total. The number of nitro benzene ring substituents is 1. The van der Waals surface area contributed by atoms with Gasteiger partial charge in [0.05, 0.1) is 27.7 Å². The number of non-ortho nitro benzene ring substituents is 1. The van der Waals surface area contributed by atoms with Crippen molar-refractivity contribution in [2.75, 3.05) is 25.5 Å². The fourth-order valence-electron chi connectivity index (χ4n) is 2.13. The Morgan fingerprint density at radius 1 is 1.28 bits per heavy atom. The van der Waals surface area contributed by atoms with Crippen LogP contribution in [0.1, 0.15) is 15.9 Å². The Morgan fingerprint density at radius 2 is 2.00 bits per heavy atom. The number of nitro groups is 1. The number of para-hydroxylation sites is 1. The summed E-state index contributed by atoms with van der Waals surface area (Å²) in [5.74, 6) is 5.36. The third-order valence-corrected chi connectivity index (χ3v) is 3.68. The summed E-state index contributed by atoms with van der Waals surface area (Å²) in [5.41, 5.74) is 1.67. The summed E-state index contributed by atoms with van der Waals surface area (Å²) in [6.07, 6.45) is 0. The molecule has 2 aromatic carbocycles. The van der Waals surface area contributed by atoms with Gasteiger partial charge in [-0.05, 0) is 18.2 Å². The van der Waals surface area contributed by atoms with Gasteiger partial charge in [0, 0.05) is 31.8 Å². The third-order valence-electron chi connectivity index (χ3n) is 3.35. The molecule has 0 fully saturated rings. The summed E-state index contributed by atoms with van der Waals surface area (Å²) in [6.45, 7) is 0.0968. The first kappa shape index (κ1) is 18.3. The van der Waals surface area contributed by atoms with E-state index in [9.17, 15) is 14.9 Å². The highest BCUT2D eigenvalue weighted by atomic mass is 35.5. The number of hydrogen-bond acceptors (Lipinski definition) is 4. The van der Waals surface area contributed by atoms with E-state index in [2.05, 4.69) is 17.2 Å². The first-order chi connectivity index (χ1) is 11.9. The molecule has 0 aliphatic carbocycles. The Bertz CT molecular complexity index is 869. The van der Waals surface area contributed by atoms with E-state index in [4.69, 9.17) is 11.6 Å². The van der Waals surface area contributed by atoms with Crippen molar-refractivity contribution in [1.29, 1.82) is 0 Å². The lowest BCUT2D eigenvalue weighted by molar-refractivity contribution is -0.384. The van der Waals surface area contributed by atoms with Crippen molar-refractivity contribution in [2.45, 2.75) is 0 Å². The smallest absolute Gasteiger partial charge is 0.270 e. The van der Waals surface area contributed by atoms with Gasteiger partial charge in [0.25, 0.3) is 11.6 Å². The molecule has 0 aliphatic rings. The standard InChI is InChI=1S/C18H16ClN3O3/c1-21(2)17-8-4-3-6-13(17)7-5-11-20-18(23)15-12-14(22(24)25)9-10-16(15)19/h3-4,6,8-10,12H,11H2,1-2H3,(H,20,23). The minimum Gasteiger partial charge on any atom is -0.377 e. The largest absolute Gasteiger partial charge is 0.377 e. The number of benzene rings is 2. The van der Waals surface area contributed by atoms with Crippen LogP contribution in [0.15, 0.2) is 42.5 Å². The van der Waals surface area contributed by atoms with Crippen LogP contribution < -0.4 is 10.2 Å². The lowest BCUT2D eigenvalue weighted by Gasteiger charge is -2.13. The van der Waals surface area contributed by atoms with Crippen molar-refractivity contribution in [1.82, 2.24) is 5.32 Å². The maximum absolute atomic E-state index is 12.1. The van der Waals surface area contributed by atoms with Gasteiger partial charge in [0.2, 0.25) is 0 Å². The zero-order valence-electron chi connectivity index (χ0n) is 13.7. The van der Waals surface area contributed by atoms with E-state index in [-0.39, 0.29) is 22.8 Å². The van der Waals surface area contributed by atoms with E-state index < -0.39 is 10.8 Å². The van der Waals surface area contributed by atoms with Crippen LogP contribution in [0.4, 0.5) is 11.4 Å². The lowest BCUT2D eigenvalue weighted by atomic mass is 10.1. The Hall–Kier alpha value is -3.04. The van der Waals surface area contributed by atoms with E-state index in [1.807, 2.05) is 43.3 Å². The second-order valence-electron chi connectivity index (χ2n) is 5.32. The van der Waals surface area contributed by atoms with Gasteiger partial charge in [0.1, 0.15) is 0 Å². The Morgan fingerprint density at radius 3 is 2.68 bits per heavy atom. The average molecular weight is 358 g/mol. The lowest BCUT2D eigenvalue weighted by Crippen LogP contribution is -2.24. The topological polar surface area (TPSA) is 75.5 Å². The SMILES string of the molecule is CN(C)c1ccccc1C#CCNC(=O)c1cc([N+](=O)[O-])ccc1Cl. The third kappa shape index (κ3) is 4.72. The molecule has 7 heteroatoms. The molecule has 0 aromatic heterocycles.